The third-order valence-corrected chi connectivity index (χ3v) is 3.05. The molecule has 1 aromatic carbocycles. The maximum absolute atomic E-state index is 11.5. The van der Waals surface area contributed by atoms with Crippen molar-refractivity contribution < 1.29 is 14.7 Å². The number of carboxylic acid groups (broad SMARTS) is 1. The normalized spacial score (nSPS) is 11.6. The van der Waals surface area contributed by atoms with E-state index in [9.17, 15) is 9.59 Å². The molecule has 0 saturated heterocycles. The van der Waals surface area contributed by atoms with Crippen molar-refractivity contribution in [1.29, 1.82) is 0 Å². The van der Waals surface area contributed by atoms with Crippen LogP contribution < -0.4 is 5.32 Å². The van der Waals surface area contributed by atoms with Crippen LogP contribution in [-0.4, -0.2) is 42.0 Å². The molecule has 1 rings (SSSR count). The summed E-state index contributed by atoms with van der Waals surface area (Å²) in [4.78, 5) is 23.8. The van der Waals surface area contributed by atoms with Crippen molar-refractivity contribution in [2.24, 2.45) is 0 Å². The maximum atomic E-state index is 11.5. The molecule has 2 N–H and O–H groups in total. The fourth-order valence-electron chi connectivity index (χ4n) is 1.69. The summed E-state index contributed by atoms with van der Waals surface area (Å²) >= 11 is 0. The molecule has 0 spiro atoms. The Kier molecular flexibility index (Phi) is 7.87. The summed E-state index contributed by atoms with van der Waals surface area (Å²) in [7, 11) is 1.84. The van der Waals surface area contributed by atoms with Crippen LogP contribution in [0.3, 0.4) is 0 Å². The Balaban J connectivity index is 0.00000361. The molecule has 0 aliphatic heterocycles. The highest BCUT2D eigenvalue weighted by molar-refractivity contribution is 5.85. The van der Waals surface area contributed by atoms with E-state index >= 15 is 0 Å². The van der Waals surface area contributed by atoms with Crippen LogP contribution in [0.2, 0.25) is 0 Å². The molecule has 5 nitrogen and oxygen atoms in total. The molecule has 6 heteroatoms. The minimum absolute atomic E-state index is 0. The van der Waals surface area contributed by atoms with Gasteiger partial charge in [-0.3, -0.25) is 14.5 Å². The molecule has 1 atom stereocenters. The highest BCUT2D eigenvalue weighted by Gasteiger charge is 2.15. The van der Waals surface area contributed by atoms with Crippen molar-refractivity contribution >= 4 is 24.3 Å². The van der Waals surface area contributed by atoms with Crippen LogP contribution in [0.5, 0.6) is 0 Å². The van der Waals surface area contributed by atoms with Crippen LogP contribution in [-0.2, 0) is 9.59 Å². The molecule has 1 aromatic rings. The van der Waals surface area contributed by atoms with Gasteiger partial charge in [-0.2, -0.15) is 0 Å². The molecule has 0 bridgehead atoms. The highest BCUT2D eigenvalue weighted by Crippen LogP contribution is 2.18. The van der Waals surface area contributed by atoms with Gasteiger partial charge < -0.3 is 10.4 Å². The van der Waals surface area contributed by atoms with Gasteiger partial charge in [0, 0.05) is 6.04 Å². The monoisotopic (exact) mass is 300 g/mol. The van der Waals surface area contributed by atoms with Gasteiger partial charge in [0.15, 0.2) is 0 Å². The fraction of sp³-hybridized carbons (Fsp3) is 0.429. The van der Waals surface area contributed by atoms with Gasteiger partial charge in [0.05, 0.1) is 6.54 Å². The molecule has 0 aliphatic rings. The van der Waals surface area contributed by atoms with E-state index in [1.165, 1.54) is 5.56 Å². The summed E-state index contributed by atoms with van der Waals surface area (Å²) in [5, 5.41) is 10.8. The smallest absolute Gasteiger partial charge is 0.322 e. The number of carbonyl (C=O) groups excluding carboxylic acids is 1. The van der Waals surface area contributed by atoms with E-state index in [-0.39, 0.29) is 37.4 Å². The van der Waals surface area contributed by atoms with Gasteiger partial charge in [-0.15, -0.1) is 12.4 Å². The third kappa shape index (κ3) is 6.04. The fourth-order valence-corrected chi connectivity index (χ4v) is 1.69. The summed E-state index contributed by atoms with van der Waals surface area (Å²) in [6, 6.07) is 8.22. The summed E-state index contributed by atoms with van der Waals surface area (Å²) in [5.41, 5.74) is 2.32. The highest BCUT2D eigenvalue weighted by atomic mass is 35.5. The number of hydrogen-bond donors (Lipinski definition) is 2. The number of aliphatic carboxylic acids is 1. The lowest BCUT2D eigenvalue weighted by Gasteiger charge is -2.24. The van der Waals surface area contributed by atoms with Crippen molar-refractivity contribution in [3.05, 3.63) is 35.4 Å². The molecule has 0 radical (unpaired) electrons. The van der Waals surface area contributed by atoms with Crippen LogP contribution in [0, 0.1) is 6.92 Å². The van der Waals surface area contributed by atoms with Gasteiger partial charge in [0.1, 0.15) is 6.54 Å². The molecular weight excluding hydrogens is 280 g/mol. The zero-order chi connectivity index (χ0) is 14.4. The molecule has 0 fully saturated rings. The molecule has 1 unspecified atom stereocenters. The topological polar surface area (TPSA) is 69.6 Å². The molecule has 112 valence electrons. The quantitative estimate of drug-likeness (QED) is 0.837. The molecule has 0 aliphatic carbocycles. The number of carbonyl (C=O) groups is 2. The first kappa shape index (κ1) is 18.4. The zero-order valence-electron chi connectivity index (χ0n) is 11.9. The molecule has 20 heavy (non-hydrogen) atoms. The number of rotatable bonds is 6. The number of benzene rings is 1. The Bertz CT molecular complexity index is 448. The van der Waals surface area contributed by atoms with Crippen LogP contribution in [0.1, 0.15) is 24.1 Å². The molecule has 0 saturated carbocycles. The Morgan fingerprint density at radius 3 is 2.35 bits per heavy atom. The minimum atomic E-state index is -1.04. The first-order chi connectivity index (χ1) is 8.90. The van der Waals surface area contributed by atoms with Gasteiger partial charge in [-0.05, 0) is 26.5 Å². The number of amides is 1. The van der Waals surface area contributed by atoms with Crippen molar-refractivity contribution in [3.8, 4) is 0 Å². The SMILES string of the molecule is Cc1ccc(C(C)N(C)CC(=O)NCC(=O)O)cc1.Cl. The van der Waals surface area contributed by atoms with Gasteiger partial charge in [-0.25, -0.2) is 0 Å². The van der Waals surface area contributed by atoms with Gasteiger partial charge in [-0.1, -0.05) is 29.8 Å². The Hall–Kier alpha value is -1.59. The van der Waals surface area contributed by atoms with Crippen molar-refractivity contribution in [2.75, 3.05) is 20.1 Å². The third-order valence-electron chi connectivity index (χ3n) is 3.05. The molecular formula is C14H21ClN2O3. The largest absolute Gasteiger partial charge is 0.480 e. The number of halogens is 1. The number of nitrogens with zero attached hydrogens (tertiary/aromatic N) is 1. The summed E-state index contributed by atoms with van der Waals surface area (Å²) < 4.78 is 0. The lowest BCUT2D eigenvalue weighted by molar-refractivity contribution is -0.138. The maximum Gasteiger partial charge on any atom is 0.322 e. The lowest BCUT2D eigenvalue weighted by atomic mass is 10.1. The molecule has 0 heterocycles. The van der Waals surface area contributed by atoms with E-state index in [1.807, 2.05) is 50.1 Å². The van der Waals surface area contributed by atoms with Crippen LogP contribution in [0.25, 0.3) is 0 Å². The predicted molar refractivity (Wildman–Crippen MR) is 80.1 cm³/mol. The van der Waals surface area contributed by atoms with Gasteiger partial charge in [0.25, 0.3) is 0 Å². The predicted octanol–water partition coefficient (Wildman–Crippen LogP) is 1.61. The Morgan fingerprint density at radius 2 is 1.85 bits per heavy atom. The van der Waals surface area contributed by atoms with E-state index in [0.29, 0.717) is 0 Å². The van der Waals surface area contributed by atoms with E-state index < -0.39 is 5.97 Å². The van der Waals surface area contributed by atoms with E-state index in [1.54, 1.807) is 0 Å². The summed E-state index contributed by atoms with van der Waals surface area (Å²) in [5.74, 6) is -1.33. The number of carboxylic acids is 1. The minimum Gasteiger partial charge on any atom is -0.480 e. The summed E-state index contributed by atoms with van der Waals surface area (Å²) in [6.45, 7) is 3.86. The second kappa shape index (κ2) is 8.55. The standard InChI is InChI=1S/C14H20N2O3.ClH/c1-10-4-6-12(7-5-10)11(2)16(3)9-13(17)15-8-14(18)19;/h4-7,11H,8-9H2,1-3H3,(H,15,17)(H,18,19);1H. The van der Waals surface area contributed by atoms with Crippen LogP contribution >= 0.6 is 12.4 Å². The van der Waals surface area contributed by atoms with Gasteiger partial charge in [0.2, 0.25) is 5.91 Å². The second-order valence-corrected chi connectivity index (χ2v) is 4.67. The summed E-state index contributed by atoms with van der Waals surface area (Å²) in [6.07, 6.45) is 0. The van der Waals surface area contributed by atoms with E-state index in [0.717, 1.165) is 5.56 Å². The second-order valence-electron chi connectivity index (χ2n) is 4.67. The first-order valence-electron chi connectivity index (χ1n) is 6.15. The Labute approximate surface area is 125 Å². The first-order valence-corrected chi connectivity index (χ1v) is 6.15. The average molecular weight is 301 g/mol. The van der Waals surface area contributed by atoms with Gasteiger partial charge >= 0.3 is 5.97 Å². The zero-order valence-corrected chi connectivity index (χ0v) is 12.7. The molecule has 1 amide bonds. The average Bonchev–Trinajstić information content (AvgIpc) is 2.36. The Morgan fingerprint density at radius 1 is 1.30 bits per heavy atom. The number of aryl methyl sites for hydroxylation is 1. The molecule has 0 aromatic heterocycles. The van der Waals surface area contributed by atoms with E-state index in [4.69, 9.17) is 5.11 Å². The van der Waals surface area contributed by atoms with E-state index in [2.05, 4.69) is 5.32 Å². The van der Waals surface area contributed by atoms with Crippen molar-refractivity contribution in [3.63, 3.8) is 0 Å². The number of likely N-dealkylation sites (N-methyl/N-ethyl adjacent to an activating group) is 1. The number of hydrogen-bond acceptors (Lipinski definition) is 3. The lowest BCUT2D eigenvalue weighted by Crippen LogP contribution is -2.38. The number of nitrogens with one attached hydrogen (secondary N) is 1. The van der Waals surface area contributed by atoms with Crippen LogP contribution in [0.4, 0.5) is 0 Å². The van der Waals surface area contributed by atoms with Crippen molar-refractivity contribution in [1.82, 2.24) is 10.2 Å². The van der Waals surface area contributed by atoms with Crippen molar-refractivity contribution in [2.45, 2.75) is 19.9 Å². The van der Waals surface area contributed by atoms with Crippen LogP contribution in [0.15, 0.2) is 24.3 Å².